The van der Waals surface area contributed by atoms with E-state index < -0.39 is 0 Å². The SMILES string of the molecule is C[C@]12CCCCC1=CC[C@H]1[C@@H]3CC=C(n4cnc5ccccc54)[C@@]3(CN)CC[C@@H]12. The minimum atomic E-state index is 0.112. The van der Waals surface area contributed by atoms with Crippen LogP contribution in [0.3, 0.4) is 0 Å². The van der Waals surface area contributed by atoms with E-state index in [1.165, 1.54) is 62.6 Å². The summed E-state index contributed by atoms with van der Waals surface area (Å²) >= 11 is 0. The van der Waals surface area contributed by atoms with Crippen LogP contribution in [0, 0.1) is 28.6 Å². The average Bonchev–Trinajstić information content (AvgIpc) is 3.34. The minimum Gasteiger partial charge on any atom is -0.330 e. The van der Waals surface area contributed by atoms with Crippen molar-refractivity contribution >= 4 is 16.7 Å². The quantitative estimate of drug-likeness (QED) is 0.664. The first kappa shape index (κ1) is 17.9. The van der Waals surface area contributed by atoms with Crippen LogP contribution in [-0.2, 0) is 0 Å². The molecule has 1 aromatic heterocycles. The molecule has 4 aliphatic rings. The third kappa shape index (κ3) is 2.31. The first-order chi connectivity index (χ1) is 14.2. The monoisotopic (exact) mass is 387 g/mol. The predicted octanol–water partition coefficient (Wildman–Crippen LogP) is 5.78. The smallest absolute Gasteiger partial charge is 0.100 e. The molecule has 6 rings (SSSR count). The molecule has 0 amide bonds. The molecule has 2 aromatic rings. The number of nitrogens with two attached hydrogens (primary N) is 1. The molecular weight excluding hydrogens is 354 g/mol. The number of benzene rings is 1. The van der Waals surface area contributed by atoms with Crippen LogP contribution in [0.2, 0.25) is 0 Å². The van der Waals surface area contributed by atoms with Crippen molar-refractivity contribution in [2.45, 2.75) is 58.3 Å². The lowest BCUT2D eigenvalue weighted by Crippen LogP contribution is -2.52. The normalized spacial score (nSPS) is 38.8. The van der Waals surface area contributed by atoms with Gasteiger partial charge >= 0.3 is 0 Å². The van der Waals surface area contributed by atoms with Gasteiger partial charge in [-0.05, 0) is 80.2 Å². The number of imidazole rings is 1. The summed E-state index contributed by atoms with van der Waals surface area (Å²) in [6, 6.07) is 8.51. The zero-order chi connectivity index (χ0) is 19.6. The number of hydrogen-bond donors (Lipinski definition) is 1. The molecule has 0 spiro atoms. The molecule has 3 nitrogen and oxygen atoms in total. The lowest BCUT2D eigenvalue weighted by Gasteiger charge is -2.57. The van der Waals surface area contributed by atoms with E-state index in [0.29, 0.717) is 11.3 Å². The molecule has 2 N–H and O–H groups in total. The van der Waals surface area contributed by atoms with Gasteiger partial charge in [0.15, 0.2) is 0 Å². The van der Waals surface area contributed by atoms with Crippen molar-refractivity contribution in [1.29, 1.82) is 0 Å². The van der Waals surface area contributed by atoms with Crippen molar-refractivity contribution < 1.29 is 0 Å². The van der Waals surface area contributed by atoms with Gasteiger partial charge in [0.2, 0.25) is 0 Å². The number of allylic oxidation sites excluding steroid dienone is 3. The first-order valence-corrected chi connectivity index (χ1v) is 11.7. The zero-order valence-corrected chi connectivity index (χ0v) is 17.6. The van der Waals surface area contributed by atoms with Crippen LogP contribution in [-0.4, -0.2) is 16.1 Å². The van der Waals surface area contributed by atoms with E-state index in [1.54, 1.807) is 5.57 Å². The van der Waals surface area contributed by atoms with Gasteiger partial charge < -0.3 is 10.3 Å². The molecule has 29 heavy (non-hydrogen) atoms. The fourth-order valence-electron chi connectivity index (χ4n) is 7.92. The number of hydrogen-bond acceptors (Lipinski definition) is 2. The van der Waals surface area contributed by atoms with Crippen molar-refractivity contribution in [3.8, 4) is 0 Å². The van der Waals surface area contributed by atoms with Crippen molar-refractivity contribution in [1.82, 2.24) is 9.55 Å². The Bertz CT molecular complexity index is 1010. The van der Waals surface area contributed by atoms with Gasteiger partial charge in [-0.1, -0.05) is 43.2 Å². The average molecular weight is 388 g/mol. The maximum absolute atomic E-state index is 6.62. The largest absolute Gasteiger partial charge is 0.330 e. The second kappa shape index (κ2) is 6.31. The number of rotatable bonds is 2. The van der Waals surface area contributed by atoms with Gasteiger partial charge in [0.1, 0.15) is 6.33 Å². The highest BCUT2D eigenvalue weighted by Gasteiger charge is 2.57. The molecule has 1 heterocycles. The van der Waals surface area contributed by atoms with Crippen LogP contribution in [0.15, 0.2) is 48.3 Å². The van der Waals surface area contributed by atoms with Crippen LogP contribution in [0.25, 0.3) is 16.7 Å². The Morgan fingerprint density at radius 1 is 1.10 bits per heavy atom. The van der Waals surface area contributed by atoms with Gasteiger partial charge in [0.25, 0.3) is 0 Å². The van der Waals surface area contributed by atoms with E-state index >= 15 is 0 Å². The van der Waals surface area contributed by atoms with Crippen LogP contribution in [0.5, 0.6) is 0 Å². The second-order valence-electron chi connectivity index (χ2n) is 10.3. The van der Waals surface area contributed by atoms with Crippen LogP contribution < -0.4 is 5.73 Å². The Hall–Kier alpha value is -1.87. The van der Waals surface area contributed by atoms with Crippen LogP contribution >= 0.6 is 0 Å². The van der Waals surface area contributed by atoms with Gasteiger partial charge in [-0.3, -0.25) is 0 Å². The first-order valence-electron chi connectivity index (χ1n) is 11.7. The molecule has 0 radical (unpaired) electrons. The van der Waals surface area contributed by atoms with Gasteiger partial charge in [0, 0.05) is 17.7 Å². The molecule has 152 valence electrons. The van der Waals surface area contributed by atoms with Gasteiger partial charge in [0.05, 0.1) is 11.0 Å². The fourth-order valence-corrected chi connectivity index (χ4v) is 7.92. The third-order valence-electron chi connectivity index (χ3n) is 9.38. The molecule has 4 aliphatic carbocycles. The molecule has 0 saturated heterocycles. The Balaban J connectivity index is 1.40. The molecule has 0 unspecified atom stereocenters. The molecule has 3 heteroatoms. The molecular formula is C26H33N3. The highest BCUT2D eigenvalue weighted by Crippen LogP contribution is 2.65. The fraction of sp³-hybridized carbons (Fsp3) is 0.577. The number of para-hydroxylation sites is 2. The van der Waals surface area contributed by atoms with Crippen molar-refractivity contribution in [2.75, 3.05) is 6.54 Å². The number of fused-ring (bicyclic) bond motifs is 6. The number of aromatic nitrogens is 2. The van der Waals surface area contributed by atoms with E-state index in [9.17, 15) is 0 Å². The maximum atomic E-state index is 6.62. The predicted molar refractivity (Wildman–Crippen MR) is 119 cm³/mol. The summed E-state index contributed by atoms with van der Waals surface area (Å²) in [5.41, 5.74) is 12.7. The lowest BCUT2D eigenvalue weighted by atomic mass is 9.47. The van der Waals surface area contributed by atoms with E-state index in [4.69, 9.17) is 5.73 Å². The van der Waals surface area contributed by atoms with Crippen LogP contribution in [0.4, 0.5) is 0 Å². The third-order valence-corrected chi connectivity index (χ3v) is 9.38. The van der Waals surface area contributed by atoms with Crippen molar-refractivity contribution in [2.24, 2.45) is 34.3 Å². The molecule has 0 aliphatic heterocycles. The second-order valence-corrected chi connectivity index (χ2v) is 10.3. The van der Waals surface area contributed by atoms with Crippen molar-refractivity contribution in [3.63, 3.8) is 0 Å². The Morgan fingerprint density at radius 2 is 2.00 bits per heavy atom. The minimum absolute atomic E-state index is 0.112. The van der Waals surface area contributed by atoms with E-state index in [0.717, 1.165) is 23.9 Å². The standard InChI is InChI=1S/C26H33N3/c1-25-14-5-4-6-18(25)9-10-19-20(25)13-15-26(16-27)21(19)11-12-24(26)29-17-28-22-7-2-3-8-23(22)29/h2-3,7-9,12,17,19-21H,4-6,10-11,13-16,27H2,1H3/t19-,20+,21+,25+,26-/m1/s1. The maximum Gasteiger partial charge on any atom is 0.100 e. The summed E-state index contributed by atoms with van der Waals surface area (Å²) in [6.07, 6.45) is 17.8. The van der Waals surface area contributed by atoms with Gasteiger partial charge in [-0.25, -0.2) is 4.98 Å². The van der Waals surface area contributed by atoms with Crippen molar-refractivity contribution in [3.05, 3.63) is 48.3 Å². The van der Waals surface area contributed by atoms with Gasteiger partial charge in [-0.15, -0.1) is 0 Å². The molecule has 2 saturated carbocycles. The summed E-state index contributed by atoms with van der Waals surface area (Å²) in [6.45, 7) is 3.35. The van der Waals surface area contributed by atoms with Gasteiger partial charge in [-0.2, -0.15) is 0 Å². The Morgan fingerprint density at radius 3 is 2.90 bits per heavy atom. The number of nitrogens with zero attached hydrogens (tertiary/aromatic N) is 2. The summed E-state index contributed by atoms with van der Waals surface area (Å²) in [5.74, 6) is 2.31. The van der Waals surface area contributed by atoms with E-state index in [-0.39, 0.29) is 5.41 Å². The highest BCUT2D eigenvalue weighted by atomic mass is 15.1. The molecule has 5 atom stereocenters. The zero-order valence-electron chi connectivity index (χ0n) is 17.6. The molecule has 2 fully saturated rings. The van der Waals surface area contributed by atoms with E-state index in [2.05, 4.69) is 52.9 Å². The van der Waals surface area contributed by atoms with E-state index in [1.807, 2.05) is 6.33 Å². The highest BCUT2D eigenvalue weighted by molar-refractivity contribution is 5.80. The summed E-state index contributed by atoms with van der Waals surface area (Å²) in [5, 5.41) is 0. The molecule has 1 aromatic carbocycles. The topological polar surface area (TPSA) is 43.8 Å². The summed E-state index contributed by atoms with van der Waals surface area (Å²) in [4.78, 5) is 4.68. The summed E-state index contributed by atoms with van der Waals surface area (Å²) in [7, 11) is 0. The summed E-state index contributed by atoms with van der Waals surface area (Å²) < 4.78 is 2.36. The lowest BCUT2D eigenvalue weighted by molar-refractivity contribution is -0.0147. The Labute approximate surface area is 174 Å². The molecule has 0 bridgehead atoms. The van der Waals surface area contributed by atoms with Crippen LogP contribution in [0.1, 0.15) is 58.3 Å². The Kier molecular flexibility index (Phi) is 3.91.